The average Bonchev–Trinajstić information content (AvgIpc) is 3.71. The van der Waals surface area contributed by atoms with Gasteiger partial charge in [0.2, 0.25) is 5.13 Å². The van der Waals surface area contributed by atoms with Crippen LogP contribution in [0.4, 0.5) is 5.13 Å². The number of aliphatic hydroxyl groups excluding tert-OH is 1. The van der Waals surface area contributed by atoms with Crippen molar-refractivity contribution in [3.05, 3.63) is 99.6 Å². The molecular weight excluding hydrogens is 618 g/mol. The zero-order valence-corrected chi connectivity index (χ0v) is 26.5. The number of fused-ring (bicyclic) bond motifs is 1. The summed E-state index contributed by atoms with van der Waals surface area (Å²) in [6, 6.07) is 19.2. The first-order valence-electron chi connectivity index (χ1n) is 14.4. The van der Waals surface area contributed by atoms with E-state index in [-0.39, 0.29) is 22.6 Å². The van der Waals surface area contributed by atoms with E-state index in [1.54, 1.807) is 18.2 Å². The smallest absolute Gasteiger partial charge is 0.301 e. The molecule has 1 saturated heterocycles. The van der Waals surface area contributed by atoms with Crippen LogP contribution >= 0.6 is 34.7 Å². The summed E-state index contributed by atoms with van der Waals surface area (Å²) in [7, 11) is 0. The number of Topliss-reactive ketones (excluding diaryl/α,β-unsaturated/α-hetero) is 1. The minimum Gasteiger partial charge on any atom is -0.507 e. The number of ketones is 1. The topological polar surface area (TPSA) is 102 Å². The maximum atomic E-state index is 13.7. The molecule has 0 radical (unpaired) electrons. The number of aliphatic hydroxyl groups is 1. The molecule has 0 saturated carbocycles. The lowest BCUT2D eigenvalue weighted by atomic mass is 9.94. The van der Waals surface area contributed by atoms with E-state index in [0.717, 1.165) is 29.7 Å². The first-order chi connectivity index (χ1) is 21.3. The third kappa shape index (κ3) is 6.06. The van der Waals surface area contributed by atoms with Gasteiger partial charge in [-0.3, -0.25) is 14.5 Å². The molecule has 226 valence electrons. The molecule has 8 nitrogen and oxygen atoms in total. The van der Waals surface area contributed by atoms with Crippen molar-refractivity contribution >= 4 is 57.3 Å². The lowest BCUT2D eigenvalue weighted by molar-refractivity contribution is -0.132. The summed E-state index contributed by atoms with van der Waals surface area (Å²) in [5.74, 6) is 0.0839. The van der Waals surface area contributed by atoms with Gasteiger partial charge in [-0.2, -0.15) is 0 Å². The number of amides is 1. The monoisotopic (exact) mass is 647 g/mol. The van der Waals surface area contributed by atoms with Crippen molar-refractivity contribution in [2.24, 2.45) is 0 Å². The first-order valence-corrected chi connectivity index (χ1v) is 16.6. The van der Waals surface area contributed by atoms with Crippen LogP contribution in [0.1, 0.15) is 55.0 Å². The Balaban J connectivity index is 1.39. The minimum atomic E-state index is -0.942. The molecule has 1 aromatic heterocycles. The highest BCUT2D eigenvalue weighted by Gasteiger charge is 2.48. The van der Waals surface area contributed by atoms with Crippen LogP contribution in [0.3, 0.4) is 0 Å². The maximum Gasteiger partial charge on any atom is 0.301 e. The molecule has 1 amide bonds. The van der Waals surface area contributed by atoms with E-state index in [2.05, 4.69) is 17.1 Å². The zero-order chi connectivity index (χ0) is 30.8. The molecule has 2 aliphatic rings. The van der Waals surface area contributed by atoms with Gasteiger partial charge in [0.15, 0.2) is 4.34 Å². The number of hydrogen-bond acceptors (Lipinski definition) is 9. The van der Waals surface area contributed by atoms with Crippen molar-refractivity contribution in [2.45, 2.75) is 55.3 Å². The highest BCUT2D eigenvalue weighted by molar-refractivity contribution is 8.00. The number of rotatable bonds is 10. The largest absolute Gasteiger partial charge is 0.507 e. The molecule has 2 unspecified atom stereocenters. The fourth-order valence-electron chi connectivity index (χ4n) is 5.29. The Morgan fingerprint density at radius 1 is 1.14 bits per heavy atom. The Morgan fingerprint density at radius 3 is 2.80 bits per heavy atom. The van der Waals surface area contributed by atoms with Crippen LogP contribution in [0.25, 0.3) is 5.76 Å². The first kappa shape index (κ1) is 30.2. The summed E-state index contributed by atoms with van der Waals surface area (Å²) < 4.78 is 12.4. The van der Waals surface area contributed by atoms with E-state index in [9.17, 15) is 14.7 Å². The lowest BCUT2D eigenvalue weighted by Crippen LogP contribution is -2.29. The van der Waals surface area contributed by atoms with Crippen LogP contribution in [0, 0.1) is 0 Å². The van der Waals surface area contributed by atoms with Gasteiger partial charge in [0.05, 0.1) is 18.2 Å². The van der Waals surface area contributed by atoms with Gasteiger partial charge in [-0.15, -0.1) is 10.2 Å². The Bertz CT molecular complexity index is 1760. The third-order valence-corrected chi connectivity index (χ3v) is 9.94. The molecular formula is C33H30ClN3O5S2. The van der Waals surface area contributed by atoms with Gasteiger partial charge in [-0.05, 0) is 66.4 Å². The van der Waals surface area contributed by atoms with Gasteiger partial charge >= 0.3 is 5.91 Å². The fraction of sp³-hybridized carbons (Fsp3) is 0.273. The summed E-state index contributed by atoms with van der Waals surface area (Å²) >= 11 is 8.97. The Labute approximate surface area is 268 Å². The van der Waals surface area contributed by atoms with E-state index in [4.69, 9.17) is 21.1 Å². The molecule has 3 aromatic carbocycles. The number of benzene rings is 3. The summed E-state index contributed by atoms with van der Waals surface area (Å²) in [5.41, 5.74) is 2.91. The number of carbonyl (C=O) groups is 2. The van der Waals surface area contributed by atoms with E-state index < -0.39 is 17.7 Å². The standard InChI is InChI=1S/C33H30ClN3O5S2/c1-3-4-14-41-24-10-7-9-20(17-24)28-27(29(38)21-12-13-26-23(16-21)15-19(2)42-26)30(39)31(40)37(28)32-35-36-33(44-32)43-18-22-8-5-6-11-25(22)34/h5-13,16-17,19,28,38H,3-4,14-15,18H2,1-2H3/b29-27-. The van der Waals surface area contributed by atoms with Gasteiger partial charge < -0.3 is 14.6 Å². The van der Waals surface area contributed by atoms with Crippen molar-refractivity contribution in [2.75, 3.05) is 11.5 Å². The molecule has 2 atom stereocenters. The Hall–Kier alpha value is -3.86. The number of anilines is 1. The summed E-state index contributed by atoms with van der Waals surface area (Å²) in [6.07, 6.45) is 2.58. The molecule has 1 fully saturated rings. The number of carbonyl (C=O) groups excluding carboxylic acids is 2. The fourth-order valence-corrected chi connectivity index (χ4v) is 7.45. The number of ether oxygens (including phenoxy) is 2. The normalized spacial score (nSPS) is 18.8. The number of unbranched alkanes of at least 4 members (excludes halogenated alkanes) is 1. The molecule has 44 heavy (non-hydrogen) atoms. The summed E-state index contributed by atoms with van der Waals surface area (Å²) in [6.45, 7) is 4.60. The van der Waals surface area contributed by atoms with E-state index in [1.165, 1.54) is 28.0 Å². The minimum absolute atomic E-state index is 0.0193. The zero-order valence-electron chi connectivity index (χ0n) is 24.2. The number of nitrogens with zero attached hydrogens (tertiary/aromatic N) is 3. The van der Waals surface area contributed by atoms with Gasteiger partial charge in [0.1, 0.15) is 23.4 Å². The predicted octanol–water partition coefficient (Wildman–Crippen LogP) is 7.61. The molecule has 1 N–H and O–H groups in total. The van der Waals surface area contributed by atoms with Crippen molar-refractivity contribution in [1.82, 2.24) is 10.2 Å². The second-order valence-corrected chi connectivity index (χ2v) is 13.2. The van der Waals surface area contributed by atoms with Crippen LogP contribution < -0.4 is 14.4 Å². The van der Waals surface area contributed by atoms with Crippen LogP contribution in [0.5, 0.6) is 11.5 Å². The van der Waals surface area contributed by atoms with Crippen molar-refractivity contribution in [3.8, 4) is 11.5 Å². The Morgan fingerprint density at radius 2 is 1.98 bits per heavy atom. The molecule has 0 spiro atoms. The molecule has 3 heterocycles. The van der Waals surface area contributed by atoms with Crippen LogP contribution in [0.15, 0.2) is 76.6 Å². The summed E-state index contributed by atoms with van der Waals surface area (Å²) in [5, 5.41) is 21.2. The highest BCUT2D eigenvalue weighted by Crippen LogP contribution is 2.45. The number of hydrogen-bond donors (Lipinski definition) is 1. The van der Waals surface area contributed by atoms with Gasteiger partial charge in [0, 0.05) is 22.8 Å². The third-order valence-electron chi connectivity index (χ3n) is 7.47. The average molecular weight is 648 g/mol. The highest BCUT2D eigenvalue weighted by atomic mass is 35.5. The van der Waals surface area contributed by atoms with Gasteiger partial charge in [-0.1, -0.05) is 78.4 Å². The molecule has 0 bridgehead atoms. The van der Waals surface area contributed by atoms with Gasteiger partial charge in [-0.25, -0.2) is 0 Å². The number of aromatic nitrogens is 2. The van der Waals surface area contributed by atoms with Gasteiger partial charge in [0.25, 0.3) is 5.78 Å². The second-order valence-electron chi connectivity index (χ2n) is 10.6. The van der Waals surface area contributed by atoms with Crippen LogP contribution in [-0.2, 0) is 21.8 Å². The summed E-state index contributed by atoms with van der Waals surface area (Å²) in [4.78, 5) is 28.7. The SMILES string of the molecule is CCCCOc1cccc(C2/C(=C(/O)c3ccc4c(c3)CC(C)O4)C(=O)C(=O)N2c2nnc(SCc3ccccc3Cl)s2)c1. The van der Waals surface area contributed by atoms with Crippen LogP contribution in [-0.4, -0.2) is 39.7 Å². The molecule has 0 aliphatic carbocycles. The lowest BCUT2D eigenvalue weighted by Gasteiger charge is -2.23. The van der Waals surface area contributed by atoms with Crippen molar-refractivity contribution in [1.29, 1.82) is 0 Å². The number of halogens is 1. The van der Waals surface area contributed by atoms with Crippen molar-refractivity contribution < 1.29 is 24.2 Å². The second kappa shape index (κ2) is 13.0. The number of thioether (sulfide) groups is 1. The molecule has 2 aliphatic heterocycles. The van der Waals surface area contributed by atoms with Crippen LogP contribution in [0.2, 0.25) is 5.02 Å². The van der Waals surface area contributed by atoms with E-state index in [0.29, 0.717) is 45.0 Å². The van der Waals surface area contributed by atoms with E-state index >= 15 is 0 Å². The quantitative estimate of drug-likeness (QED) is 0.0469. The Kier molecular flexibility index (Phi) is 8.93. The van der Waals surface area contributed by atoms with Crippen molar-refractivity contribution in [3.63, 3.8) is 0 Å². The molecule has 11 heteroatoms. The molecule has 6 rings (SSSR count). The van der Waals surface area contributed by atoms with E-state index in [1.807, 2.05) is 55.5 Å². The molecule has 4 aromatic rings. The maximum absolute atomic E-state index is 13.7. The predicted molar refractivity (Wildman–Crippen MR) is 173 cm³/mol.